The summed E-state index contributed by atoms with van der Waals surface area (Å²) in [6, 6.07) is 14.2. The second-order valence-electron chi connectivity index (χ2n) is 6.44. The molecule has 2 aromatic carbocycles. The van der Waals surface area contributed by atoms with Gasteiger partial charge in [-0.25, -0.2) is 4.79 Å². The third-order valence-electron chi connectivity index (χ3n) is 3.68. The fraction of sp³-hybridized carbons (Fsp3) is 0.250. The van der Waals surface area contributed by atoms with E-state index in [4.69, 9.17) is 15.7 Å². The molecule has 3 amide bonds. The molecule has 7 heteroatoms. The normalized spacial score (nSPS) is 11.3. The molecular formula is C20H22N4O3. The largest absolute Gasteiger partial charge is 0.457 e. The van der Waals surface area contributed by atoms with E-state index >= 15 is 0 Å². The highest BCUT2D eigenvalue weighted by Crippen LogP contribution is 2.23. The number of urea groups is 1. The van der Waals surface area contributed by atoms with Gasteiger partial charge in [-0.2, -0.15) is 5.26 Å². The Hall–Kier alpha value is -3.53. The smallest absolute Gasteiger partial charge is 0.312 e. The Balaban J connectivity index is 1.99. The zero-order valence-corrected chi connectivity index (χ0v) is 15.2. The molecule has 4 N–H and O–H groups in total. The van der Waals surface area contributed by atoms with E-state index in [2.05, 4.69) is 10.6 Å². The monoisotopic (exact) mass is 366 g/mol. The first-order valence-corrected chi connectivity index (χ1v) is 8.52. The minimum atomic E-state index is -0.734. The molecule has 0 radical (unpaired) electrons. The van der Waals surface area contributed by atoms with Crippen LogP contribution in [-0.2, 0) is 4.79 Å². The molecule has 0 spiro atoms. The fourth-order valence-corrected chi connectivity index (χ4v) is 2.44. The highest BCUT2D eigenvalue weighted by molar-refractivity contribution is 5.96. The van der Waals surface area contributed by atoms with E-state index in [0.29, 0.717) is 29.2 Å². The van der Waals surface area contributed by atoms with Gasteiger partial charge in [0, 0.05) is 5.69 Å². The third-order valence-corrected chi connectivity index (χ3v) is 3.68. The molecule has 2 rings (SSSR count). The first-order chi connectivity index (χ1) is 12.9. The maximum Gasteiger partial charge on any atom is 0.312 e. The van der Waals surface area contributed by atoms with Crippen molar-refractivity contribution in [1.82, 2.24) is 5.32 Å². The van der Waals surface area contributed by atoms with Gasteiger partial charge >= 0.3 is 6.03 Å². The van der Waals surface area contributed by atoms with E-state index in [-0.39, 0.29) is 11.8 Å². The molecule has 0 aliphatic heterocycles. The van der Waals surface area contributed by atoms with Crippen LogP contribution in [0.2, 0.25) is 0 Å². The lowest BCUT2D eigenvalue weighted by molar-refractivity contribution is -0.118. The third kappa shape index (κ3) is 6.36. The van der Waals surface area contributed by atoms with Gasteiger partial charge in [0.05, 0.1) is 11.6 Å². The van der Waals surface area contributed by atoms with Crippen LogP contribution in [-0.4, -0.2) is 18.0 Å². The summed E-state index contributed by atoms with van der Waals surface area (Å²) >= 11 is 0. The molecule has 0 fully saturated rings. The van der Waals surface area contributed by atoms with E-state index < -0.39 is 12.1 Å². The van der Waals surface area contributed by atoms with Crippen LogP contribution in [0.5, 0.6) is 11.5 Å². The van der Waals surface area contributed by atoms with E-state index in [1.165, 1.54) is 0 Å². The average Bonchev–Trinajstić information content (AvgIpc) is 2.62. The Bertz CT molecular complexity index is 824. The molecule has 140 valence electrons. The van der Waals surface area contributed by atoms with E-state index in [1.807, 2.05) is 19.9 Å². The molecule has 0 heterocycles. The van der Waals surface area contributed by atoms with Crippen molar-refractivity contribution in [2.75, 3.05) is 5.32 Å². The van der Waals surface area contributed by atoms with Gasteiger partial charge in [0.1, 0.15) is 17.5 Å². The van der Waals surface area contributed by atoms with Crippen LogP contribution in [0, 0.1) is 17.2 Å². The van der Waals surface area contributed by atoms with Crippen molar-refractivity contribution >= 4 is 17.6 Å². The summed E-state index contributed by atoms with van der Waals surface area (Å²) in [4.78, 5) is 23.5. The number of benzene rings is 2. The van der Waals surface area contributed by atoms with Crippen molar-refractivity contribution < 1.29 is 14.3 Å². The quantitative estimate of drug-likeness (QED) is 0.696. The van der Waals surface area contributed by atoms with Gasteiger partial charge in [-0.05, 0) is 60.9 Å². The number of nitrogens with one attached hydrogen (secondary N) is 2. The van der Waals surface area contributed by atoms with E-state index in [0.717, 1.165) is 0 Å². The summed E-state index contributed by atoms with van der Waals surface area (Å²) < 4.78 is 5.69. The maximum absolute atomic E-state index is 12.4. The second kappa shape index (κ2) is 9.25. The summed E-state index contributed by atoms with van der Waals surface area (Å²) in [7, 11) is 0. The molecule has 1 atom stereocenters. The van der Waals surface area contributed by atoms with Gasteiger partial charge in [0.15, 0.2) is 0 Å². The Labute approximate surface area is 158 Å². The molecule has 0 aromatic heterocycles. The molecule has 2 aromatic rings. The first-order valence-electron chi connectivity index (χ1n) is 8.52. The molecule has 0 bridgehead atoms. The van der Waals surface area contributed by atoms with Crippen LogP contribution in [0.4, 0.5) is 10.5 Å². The molecule has 7 nitrogen and oxygen atoms in total. The number of nitrogens with two attached hydrogens (primary N) is 1. The highest BCUT2D eigenvalue weighted by Gasteiger charge is 2.21. The van der Waals surface area contributed by atoms with Crippen molar-refractivity contribution in [3.63, 3.8) is 0 Å². The predicted octanol–water partition coefficient (Wildman–Crippen LogP) is 3.37. The van der Waals surface area contributed by atoms with Gasteiger partial charge in [-0.1, -0.05) is 13.8 Å². The van der Waals surface area contributed by atoms with Crippen molar-refractivity contribution in [2.24, 2.45) is 11.7 Å². The molecule has 0 saturated heterocycles. The summed E-state index contributed by atoms with van der Waals surface area (Å²) in [5.41, 5.74) is 6.28. The van der Waals surface area contributed by atoms with Crippen molar-refractivity contribution in [2.45, 2.75) is 26.3 Å². The zero-order chi connectivity index (χ0) is 19.8. The van der Waals surface area contributed by atoms with Crippen molar-refractivity contribution in [1.29, 1.82) is 5.26 Å². The number of hydrogen-bond acceptors (Lipinski definition) is 4. The van der Waals surface area contributed by atoms with Crippen molar-refractivity contribution in [3.8, 4) is 17.6 Å². The topological polar surface area (TPSA) is 117 Å². The van der Waals surface area contributed by atoms with Crippen LogP contribution in [0.15, 0.2) is 48.5 Å². The van der Waals surface area contributed by atoms with Crippen LogP contribution in [0.25, 0.3) is 0 Å². The maximum atomic E-state index is 12.4. The number of rotatable bonds is 7. The predicted molar refractivity (Wildman–Crippen MR) is 102 cm³/mol. The molecule has 0 aliphatic carbocycles. The Kier molecular flexibility index (Phi) is 6.78. The number of nitrogens with zero attached hydrogens (tertiary/aromatic N) is 1. The molecule has 1 unspecified atom stereocenters. The Morgan fingerprint density at radius 3 is 2.11 bits per heavy atom. The molecule has 0 aliphatic rings. The minimum Gasteiger partial charge on any atom is -0.457 e. The lowest BCUT2D eigenvalue weighted by Gasteiger charge is -2.19. The summed E-state index contributed by atoms with van der Waals surface area (Å²) in [6.45, 7) is 3.91. The molecular weight excluding hydrogens is 344 g/mol. The summed E-state index contributed by atoms with van der Waals surface area (Å²) in [6.07, 6.45) is 0.481. The van der Waals surface area contributed by atoms with Crippen LogP contribution in [0.3, 0.4) is 0 Å². The standard InChI is InChI=1S/C20H22N4O3/c1-13(2)11-18(24-20(22)26)19(25)23-15-5-9-17(10-6-15)27-16-7-3-14(12-21)4-8-16/h3-10,13,18H,11H2,1-2H3,(H,23,25)(H3,22,24,26). The summed E-state index contributed by atoms with van der Waals surface area (Å²) in [5, 5.41) is 14.0. The molecule has 0 saturated carbocycles. The van der Waals surface area contributed by atoms with Gasteiger partial charge in [-0.3, -0.25) is 4.79 Å². The number of primary amides is 1. The number of hydrogen-bond donors (Lipinski definition) is 3. The van der Waals surface area contributed by atoms with E-state index in [1.54, 1.807) is 48.5 Å². The van der Waals surface area contributed by atoms with Crippen LogP contribution < -0.4 is 21.1 Å². The zero-order valence-electron chi connectivity index (χ0n) is 15.2. The molecule has 27 heavy (non-hydrogen) atoms. The number of amides is 3. The number of carbonyl (C=O) groups is 2. The van der Waals surface area contributed by atoms with Crippen molar-refractivity contribution in [3.05, 3.63) is 54.1 Å². The lowest BCUT2D eigenvalue weighted by atomic mass is 10.0. The van der Waals surface area contributed by atoms with Gasteiger partial charge in [0.2, 0.25) is 5.91 Å². The summed E-state index contributed by atoms with van der Waals surface area (Å²) in [5.74, 6) is 1.08. The number of carbonyl (C=O) groups excluding carboxylic acids is 2. The minimum absolute atomic E-state index is 0.218. The van der Waals surface area contributed by atoms with E-state index in [9.17, 15) is 9.59 Å². The number of nitriles is 1. The lowest BCUT2D eigenvalue weighted by Crippen LogP contribution is -2.46. The average molecular weight is 366 g/mol. The van der Waals surface area contributed by atoms with Crippen LogP contribution in [0.1, 0.15) is 25.8 Å². The Morgan fingerprint density at radius 2 is 1.63 bits per heavy atom. The van der Waals surface area contributed by atoms with Gasteiger partial charge in [-0.15, -0.1) is 0 Å². The second-order valence-corrected chi connectivity index (χ2v) is 6.44. The highest BCUT2D eigenvalue weighted by atomic mass is 16.5. The Morgan fingerprint density at radius 1 is 1.07 bits per heavy atom. The van der Waals surface area contributed by atoms with Crippen LogP contribution >= 0.6 is 0 Å². The van der Waals surface area contributed by atoms with Gasteiger partial charge < -0.3 is 21.1 Å². The number of anilines is 1. The number of ether oxygens (including phenoxy) is 1. The fourth-order valence-electron chi connectivity index (χ4n) is 2.44. The first kappa shape index (κ1) is 19.8. The SMILES string of the molecule is CC(C)CC(NC(N)=O)C(=O)Nc1ccc(Oc2ccc(C#N)cc2)cc1. The van der Waals surface area contributed by atoms with Gasteiger partial charge in [0.25, 0.3) is 0 Å².